The molecule has 0 aliphatic carbocycles. The molecule has 1 aromatic carbocycles. The summed E-state index contributed by atoms with van der Waals surface area (Å²) >= 11 is 0. The number of unbranched alkanes of at least 4 members (excludes halogenated alkanes) is 25. The number of rotatable bonds is 45. The SMILES string of the molecule is CCCCCCCCCCCCC/C=C/[C@@H](OC(=O)c1ccccc1)[C@H](CO[C@@H]1OC[C@@H](O[C@@H]2O[C@H](COC(C)=O)[C@H](OC(C)=O)[C@H](OC(C)=O)[C@H]2OC(C)=O)[C@H](OC(C)=O)[C@H]1OC(C)=O)NC(=O)CCCCCCCCCCCCCCCCC. The fourth-order valence-electron chi connectivity index (χ4n) is 10.7. The Kier molecular flexibility index (Phi) is 39.1. The van der Waals surface area contributed by atoms with E-state index in [2.05, 4.69) is 19.2 Å². The summed E-state index contributed by atoms with van der Waals surface area (Å²) in [5.74, 6) is -5.96. The molecule has 86 heavy (non-hydrogen) atoms. The lowest BCUT2D eigenvalue weighted by Gasteiger charge is -2.47. The second-order valence-corrected chi connectivity index (χ2v) is 22.8. The standard InChI is InChI=1S/C66H105NO19/c1-9-11-13-15-17-19-21-23-24-26-28-30-32-34-39-43-58(74)67-54(55(84-64(75)53-40-36-35-37-41-53)42-38-33-31-29-27-25-22-20-18-16-14-12-10-2)44-77-65-62(82-51(7)72)60(80-49(5)70)57(46-78-65)86-66-63(83-52(8)73)61(81-50(6)71)59(79-48(4)69)56(85-66)45-76-47(3)68/h35-38,40-42,54-57,59-63,65-66H,9-34,39,43-46H2,1-8H3,(H,67,74)/b42-38+/t54-,55+,56+,57+,59-,60-,61-,62+,63+,65+,66-/m0/s1. The number of hydrogen-bond donors (Lipinski definition) is 1. The first-order valence-electron chi connectivity index (χ1n) is 32.2. The number of hydrogen-bond acceptors (Lipinski definition) is 19. The van der Waals surface area contributed by atoms with Gasteiger partial charge in [-0.1, -0.05) is 192 Å². The zero-order chi connectivity index (χ0) is 62.9. The maximum absolute atomic E-state index is 14.0. The molecule has 3 rings (SSSR count). The van der Waals surface area contributed by atoms with Crippen molar-refractivity contribution in [2.75, 3.05) is 19.8 Å². The van der Waals surface area contributed by atoms with E-state index in [0.717, 1.165) is 92.9 Å². The molecule has 2 fully saturated rings. The number of amides is 1. The second-order valence-electron chi connectivity index (χ2n) is 22.8. The minimum Gasteiger partial charge on any atom is -0.463 e. The maximum atomic E-state index is 14.0. The summed E-state index contributed by atoms with van der Waals surface area (Å²) in [6.45, 7) is 9.64. The molecule has 0 saturated carbocycles. The van der Waals surface area contributed by atoms with Crippen LogP contribution >= 0.6 is 0 Å². The van der Waals surface area contributed by atoms with Gasteiger partial charge in [-0.3, -0.25) is 33.6 Å². The van der Waals surface area contributed by atoms with E-state index in [0.29, 0.717) is 12.8 Å². The van der Waals surface area contributed by atoms with Gasteiger partial charge in [0.05, 0.1) is 24.8 Å². The number of ether oxygens (including phenoxy) is 11. The summed E-state index contributed by atoms with van der Waals surface area (Å²) < 4.78 is 65.0. The van der Waals surface area contributed by atoms with Crippen molar-refractivity contribution in [3.05, 3.63) is 48.0 Å². The first-order valence-corrected chi connectivity index (χ1v) is 32.2. The van der Waals surface area contributed by atoms with Crippen LogP contribution in [0.4, 0.5) is 0 Å². The van der Waals surface area contributed by atoms with Crippen LogP contribution in [0.2, 0.25) is 0 Å². The molecule has 2 aliphatic heterocycles. The zero-order valence-electron chi connectivity index (χ0n) is 53.1. The first-order chi connectivity index (χ1) is 41.4. The van der Waals surface area contributed by atoms with Crippen molar-refractivity contribution in [2.45, 2.75) is 303 Å². The smallest absolute Gasteiger partial charge is 0.338 e. The molecule has 2 heterocycles. The van der Waals surface area contributed by atoms with Gasteiger partial charge in [0.1, 0.15) is 24.9 Å². The minimum absolute atomic E-state index is 0.194. The summed E-state index contributed by atoms with van der Waals surface area (Å²) in [4.78, 5) is 104. The third-order valence-corrected chi connectivity index (χ3v) is 15.0. The van der Waals surface area contributed by atoms with Gasteiger partial charge in [0.2, 0.25) is 5.91 Å². The Bertz CT molecular complexity index is 2140. The summed E-state index contributed by atoms with van der Waals surface area (Å²) in [5.41, 5.74) is 0.289. The zero-order valence-corrected chi connectivity index (χ0v) is 53.1. The summed E-state index contributed by atoms with van der Waals surface area (Å²) in [5, 5.41) is 3.07. The Labute approximate surface area is 512 Å². The van der Waals surface area contributed by atoms with Gasteiger partial charge in [0, 0.05) is 48.0 Å². The number of esters is 7. The Morgan fingerprint density at radius 1 is 0.523 bits per heavy atom. The molecule has 2 saturated heterocycles. The van der Waals surface area contributed by atoms with Crippen molar-refractivity contribution in [3.63, 3.8) is 0 Å². The number of carbonyl (C=O) groups is 8. The van der Waals surface area contributed by atoms with Crippen molar-refractivity contribution >= 4 is 47.7 Å². The summed E-state index contributed by atoms with van der Waals surface area (Å²) in [6, 6.07) is 7.45. The molecule has 11 atom stereocenters. The molecule has 0 spiro atoms. The molecule has 0 bridgehead atoms. The molecule has 0 radical (unpaired) electrons. The van der Waals surface area contributed by atoms with Gasteiger partial charge in [-0.05, 0) is 37.5 Å². The van der Waals surface area contributed by atoms with Crippen LogP contribution < -0.4 is 5.32 Å². The van der Waals surface area contributed by atoms with Crippen LogP contribution in [0.1, 0.15) is 246 Å². The Balaban J connectivity index is 1.90. The largest absolute Gasteiger partial charge is 0.463 e. The van der Waals surface area contributed by atoms with Gasteiger partial charge in [0.25, 0.3) is 0 Å². The summed E-state index contributed by atoms with van der Waals surface area (Å²) in [7, 11) is 0. The molecule has 1 amide bonds. The fourth-order valence-corrected chi connectivity index (χ4v) is 10.7. The quantitative estimate of drug-likeness (QED) is 0.0276. The fraction of sp³-hybridized carbons (Fsp3) is 0.758. The Morgan fingerprint density at radius 2 is 0.965 bits per heavy atom. The van der Waals surface area contributed by atoms with Crippen LogP contribution in [0.25, 0.3) is 0 Å². The summed E-state index contributed by atoms with van der Waals surface area (Å²) in [6.07, 6.45) is 20.2. The van der Waals surface area contributed by atoms with Crippen molar-refractivity contribution in [2.24, 2.45) is 0 Å². The monoisotopic (exact) mass is 1220 g/mol. The number of nitrogens with one attached hydrogen (secondary N) is 1. The van der Waals surface area contributed by atoms with Crippen molar-refractivity contribution in [1.82, 2.24) is 5.32 Å². The lowest BCUT2D eigenvalue weighted by atomic mass is 9.97. The molecule has 1 N–H and O–H groups in total. The highest BCUT2D eigenvalue weighted by Crippen LogP contribution is 2.34. The molecule has 0 unspecified atom stereocenters. The molecule has 20 nitrogen and oxygen atoms in total. The third kappa shape index (κ3) is 32.0. The first kappa shape index (κ1) is 74.8. The van der Waals surface area contributed by atoms with Crippen molar-refractivity contribution in [1.29, 1.82) is 0 Å². The van der Waals surface area contributed by atoms with Gasteiger partial charge in [-0.15, -0.1) is 0 Å². The minimum atomic E-state index is -1.74. The van der Waals surface area contributed by atoms with E-state index in [1.807, 2.05) is 6.08 Å². The van der Waals surface area contributed by atoms with Crippen molar-refractivity contribution < 1.29 is 90.5 Å². The average Bonchev–Trinajstić information content (AvgIpc) is 3.10. The van der Waals surface area contributed by atoms with Crippen LogP contribution in [0.3, 0.4) is 0 Å². The lowest BCUT2D eigenvalue weighted by Crippen LogP contribution is -2.65. The molecule has 488 valence electrons. The lowest BCUT2D eigenvalue weighted by molar-refractivity contribution is -0.346. The predicted octanol–water partition coefficient (Wildman–Crippen LogP) is 11.9. The van der Waals surface area contributed by atoms with Gasteiger partial charge in [-0.2, -0.15) is 0 Å². The Hall–Kier alpha value is -5.44. The molecule has 0 aromatic heterocycles. The number of allylic oxidation sites excluding steroid dienone is 1. The topological polar surface area (TPSA) is 250 Å². The van der Waals surface area contributed by atoms with E-state index >= 15 is 0 Å². The van der Waals surface area contributed by atoms with Crippen LogP contribution in [-0.4, -0.2) is 135 Å². The number of benzene rings is 1. The molecule has 2 aliphatic rings. The Morgan fingerprint density at radius 3 is 1.45 bits per heavy atom. The second kappa shape index (κ2) is 44.9. The normalized spacial score (nSPS) is 21.8. The van der Waals surface area contributed by atoms with E-state index < -0.39 is 122 Å². The van der Waals surface area contributed by atoms with E-state index in [9.17, 15) is 38.4 Å². The molecular formula is C66H105NO19. The molecule has 20 heteroatoms. The van der Waals surface area contributed by atoms with Crippen LogP contribution in [-0.2, 0) is 85.7 Å². The highest BCUT2D eigenvalue weighted by molar-refractivity contribution is 5.89. The average molecular weight is 1220 g/mol. The van der Waals surface area contributed by atoms with Crippen LogP contribution in [0.15, 0.2) is 42.5 Å². The maximum Gasteiger partial charge on any atom is 0.338 e. The van der Waals surface area contributed by atoms with Crippen LogP contribution in [0.5, 0.6) is 0 Å². The van der Waals surface area contributed by atoms with E-state index in [-0.39, 0.29) is 24.5 Å². The highest BCUT2D eigenvalue weighted by atomic mass is 16.8. The van der Waals surface area contributed by atoms with Gasteiger partial charge < -0.3 is 57.4 Å². The van der Waals surface area contributed by atoms with Crippen molar-refractivity contribution in [3.8, 4) is 0 Å². The van der Waals surface area contributed by atoms with Crippen LogP contribution in [0, 0.1) is 0 Å². The molecular weight excluding hydrogens is 1110 g/mol. The van der Waals surface area contributed by atoms with E-state index in [4.69, 9.17) is 52.1 Å². The van der Waals surface area contributed by atoms with E-state index in [1.165, 1.54) is 109 Å². The predicted molar refractivity (Wildman–Crippen MR) is 321 cm³/mol. The molecule has 1 aromatic rings. The van der Waals surface area contributed by atoms with Gasteiger partial charge in [-0.25, -0.2) is 4.79 Å². The highest BCUT2D eigenvalue weighted by Gasteiger charge is 2.56. The number of carbonyl (C=O) groups excluding carboxylic acids is 8. The van der Waals surface area contributed by atoms with Gasteiger partial charge >= 0.3 is 41.8 Å². The van der Waals surface area contributed by atoms with E-state index in [1.54, 1.807) is 36.4 Å². The van der Waals surface area contributed by atoms with Gasteiger partial charge in [0.15, 0.2) is 43.1 Å². The third-order valence-electron chi connectivity index (χ3n) is 15.0.